The molecule has 1 aliphatic heterocycles. The minimum absolute atomic E-state index is 0.0388. The standard InChI is InChI=1S/C27H26N2O5/c1-3-33-21-11-10-20(16-22(21)34-4-2)24-23(25(30)19-8-6-5-7-9-19)26(31)27(32)29(24)17-18-12-14-28-15-13-18/h5-16,24,30H,3-4,17H2,1-2H3. The Balaban J connectivity index is 1.87. The number of carbonyl (C=O) groups excluding carboxylic acids is 2. The van der Waals surface area contributed by atoms with Crippen LogP contribution in [0, 0.1) is 0 Å². The van der Waals surface area contributed by atoms with Gasteiger partial charge in [-0.1, -0.05) is 36.4 Å². The van der Waals surface area contributed by atoms with E-state index in [4.69, 9.17) is 9.47 Å². The number of aliphatic hydroxyl groups excluding tert-OH is 1. The SMILES string of the molecule is CCOc1ccc(C2C(=C(O)c3ccccc3)C(=O)C(=O)N2Cc2ccncc2)cc1OCC. The second kappa shape index (κ2) is 10.2. The molecular weight excluding hydrogens is 432 g/mol. The maximum absolute atomic E-state index is 13.2. The van der Waals surface area contributed by atoms with Crippen molar-refractivity contribution in [2.75, 3.05) is 13.2 Å². The number of amides is 1. The summed E-state index contributed by atoms with van der Waals surface area (Å²) in [6.45, 7) is 4.82. The molecule has 7 nitrogen and oxygen atoms in total. The lowest BCUT2D eigenvalue weighted by atomic mass is 9.95. The van der Waals surface area contributed by atoms with E-state index in [0.717, 1.165) is 5.56 Å². The molecule has 1 atom stereocenters. The number of hydrogen-bond donors (Lipinski definition) is 1. The van der Waals surface area contributed by atoms with E-state index < -0.39 is 17.7 Å². The fourth-order valence-corrected chi connectivity index (χ4v) is 4.06. The second-order valence-electron chi connectivity index (χ2n) is 7.72. The Morgan fingerprint density at radius 1 is 0.941 bits per heavy atom. The first-order chi connectivity index (χ1) is 16.5. The van der Waals surface area contributed by atoms with E-state index in [2.05, 4.69) is 4.98 Å². The molecular formula is C27H26N2O5. The lowest BCUT2D eigenvalue weighted by Gasteiger charge is -2.26. The number of rotatable bonds is 8. The topological polar surface area (TPSA) is 89.0 Å². The Morgan fingerprint density at radius 2 is 1.62 bits per heavy atom. The molecule has 34 heavy (non-hydrogen) atoms. The maximum Gasteiger partial charge on any atom is 0.295 e. The van der Waals surface area contributed by atoms with Gasteiger partial charge in [0.2, 0.25) is 0 Å². The van der Waals surface area contributed by atoms with Crippen molar-refractivity contribution in [3.63, 3.8) is 0 Å². The smallest absolute Gasteiger partial charge is 0.295 e. The highest BCUT2D eigenvalue weighted by Gasteiger charge is 2.46. The van der Waals surface area contributed by atoms with Gasteiger partial charge in [-0.2, -0.15) is 0 Å². The summed E-state index contributed by atoms with van der Waals surface area (Å²) in [5.74, 6) is -0.537. The number of ether oxygens (including phenoxy) is 2. The van der Waals surface area contributed by atoms with Crippen molar-refractivity contribution in [2.45, 2.75) is 26.4 Å². The summed E-state index contributed by atoms with van der Waals surface area (Å²) in [6, 6.07) is 16.8. The highest BCUT2D eigenvalue weighted by Crippen LogP contribution is 2.42. The molecule has 7 heteroatoms. The first kappa shape index (κ1) is 23.0. The highest BCUT2D eigenvalue weighted by atomic mass is 16.5. The van der Waals surface area contributed by atoms with Crippen molar-refractivity contribution in [3.8, 4) is 11.5 Å². The van der Waals surface area contributed by atoms with E-state index in [0.29, 0.717) is 35.8 Å². The fraction of sp³-hybridized carbons (Fsp3) is 0.222. The number of benzene rings is 2. The predicted octanol–water partition coefficient (Wildman–Crippen LogP) is 4.50. The van der Waals surface area contributed by atoms with Gasteiger partial charge >= 0.3 is 0 Å². The van der Waals surface area contributed by atoms with Gasteiger partial charge in [0.15, 0.2) is 11.5 Å². The summed E-state index contributed by atoms with van der Waals surface area (Å²) < 4.78 is 11.5. The van der Waals surface area contributed by atoms with E-state index in [-0.39, 0.29) is 17.9 Å². The van der Waals surface area contributed by atoms with Crippen LogP contribution in [0.1, 0.15) is 36.6 Å². The van der Waals surface area contributed by atoms with Crippen LogP contribution < -0.4 is 9.47 Å². The van der Waals surface area contributed by atoms with Crippen LogP contribution in [0.5, 0.6) is 11.5 Å². The van der Waals surface area contributed by atoms with Gasteiger partial charge in [-0.15, -0.1) is 0 Å². The molecule has 0 radical (unpaired) electrons. The molecule has 174 valence electrons. The van der Waals surface area contributed by atoms with Crippen molar-refractivity contribution in [2.24, 2.45) is 0 Å². The van der Waals surface area contributed by atoms with Crippen LogP contribution >= 0.6 is 0 Å². The summed E-state index contributed by atoms with van der Waals surface area (Å²) in [5.41, 5.74) is 1.96. The van der Waals surface area contributed by atoms with Gasteiger partial charge in [0, 0.05) is 24.5 Å². The van der Waals surface area contributed by atoms with Crippen LogP contribution in [0.4, 0.5) is 0 Å². The first-order valence-electron chi connectivity index (χ1n) is 11.2. The van der Waals surface area contributed by atoms with Crippen molar-refractivity contribution in [1.29, 1.82) is 0 Å². The average molecular weight is 459 g/mol. The third-order valence-electron chi connectivity index (χ3n) is 5.57. The van der Waals surface area contributed by atoms with Gasteiger partial charge in [0.1, 0.15) is 5.76 Å². The van der Waals surface area contributed by atoms with Gasteiger partial charge in [0.05, 0.1) is 24.8 Å². The first-order valence-corrected chi connectivity index (χ1v) is 11.2. The van der Waals surface area contributed by atoms with Crippen molar-refractivity contribution >= 4 is 17.4 Å². The number of Topliss-reactive ketones (excluding diaryl/α,β-unsaturated/α-hetero) is 1. The third kappa shape index (κ3) is 4.50. The Labute approximate surface area is 198 Å². The molecule has 0 saturated carbocycles. The molecule has 1 saturated heterocycles. The zero-order valence-electron chi connectivity index (χ0n) is 19.1. The number of aliphatic hydroxyl groups is 1. The summed E-state index contributed by atoms with van der Waals surface area (Å²) in [5, 5.41) is 11.1. The molecule has 0 aliphatic carbocycles. The van der Waals surface area contributed by atoms with Crippen LogP contribution in [0.25, 0.3) is 5.76 Å². The zero-order valence-corrected chi connectivity index (χ0v) is 19.1. The Hall–Kier alpha value is -4.13. The molecule has 0 spiro atoms. The molecule has 1 aromatic heterocycles. The predicted molar refractivity (Wildman–Crippen MR) is 127 cm³/mol. The molecule has 1 N–H and O–H groups in total. The van der Waals surface area contributed by atoms with Crippen molar-refractivity contribution < 1.29 is 24.2 Å². The number of ketones is 1. The van der Waals surface area contributed by atoms with Gasteiger partial charge in [0.25, 0.3) is 11.7 Å². The monoisotopic (exact) mass is 458 g/mol. The molecule has 0 bridgehead atoms. The van der Waals surface area contributed by atoms with Crippen LogP contribution in [-0.4, -0.2) is 39.9 Å². The van der Waals surface area contributed by atoms with Gasteiger partial charge < -0.3 is 19.5 Å². The van der Waals surface area contributed by atoms with E-state index >= 15 is 0 Å². The molecule has 3 aromatic rings. The van der Waals surface area contributed by atoms with Crippen molar-refractivity contribution in [1.82, 2.24) is 9.88 Å². The van der Waals surface area contributed by atoms with Gasteiger partial charge in [-0.3, -0.25) is 14.6 Å². The van der Waals surface area contributed by atoms with E-state index in [1.54, 1.807) is 67.0 Å². The van der Waals surface area contributed by atoms with Crippen LogP contribution in [0.2, 0.25) is 0 Å². The third-order valence-corrected chi connectivity index (χ3v) is 5.57. The minimum Gasteiger partial charge on any atom is -0.507 e. The van der Waals surface area contributed by atoms with Crippen LogP contribution in [0.3, 0.4) is 0 Å². The van der Waals surface area contributed by atoms with Gasteiger partial charge in [-0.05, 0) is 49.2 Å². The fourth-order valence-electron chi connectivity index (χ4n) is 4.06. The van der Waals surface area contributed by atoms with E-state index in [1.165, 1.54) is 4.90 Å². The largest absolute Gasteiger partial charge is 0.507 e. The Kier molecular flexibility index (Phi) is 6.92. The normalized spacial score (nSPS) is 17.1. The lowest BCUT2D eigenvalue weighted by molar-refractivity contribution is -0.140. The van der Waals surface area contributed by atoms with Gasteiger partial charge in [-0.25, -0.2) is 0 Å². The van der Waals surface area contributed by atoms with Crippen molar-refractivity contribution in [3.05, 3.63) is 95.3 Å². The van der Waals surface area contributed by atoms with E-state index in [1.807, 2.05) is 19.9 Å². The molecule has 1 aliphatic rings. The number of nitrogens with zero attached hydrogens (tertiary/aromatic N) is 2. The quantitative estimate of drug-likeness (QED) is 0.304. The van der Waals surface area contributed by atoms with Crippen LogP contribution in [0.15, 0.2) is 78.6 Å². The van der Waals surface area contributed by atoms with Crippen LogP contribution in [-0.2, 0) is 16.1 Å². The molecule has 1 fully saturated rings. The Morgan fingerprint density at radius 3 is 2.29 bits per heavy atom. The number of aromatic nitrogens is 1. The minimum atomic E-state index is -0.803. The Bertz CT molecular complexity index is 1210. The summed E-state index contributed by atoms with van der Waals surface area (Å²) in [4.78, 5) is 31.9. The average Bonchev–Trinajstić information content (AvgIpc) is 3.11. The summed E-state index contributed by atoms with van der Waals surface area (Å²) in [7, 11) is 0. The highest BCUT2D eigenvalue weighted by molar-refractivity contribution is 6.46. The maximum atomic E-state index is 13.2. The molecule has 1 unspecified atom stereocenters. The molecule has 2 heterocycles. The number of pyridine rings is 1. The summed E-state index contributed by atoms with van der Waals surface area (Å²) >= 11 is 0. The molecule has 2 aromatic carbocycles. The second-order valence-corrected chi connectivity index (χ2v) is 7.72. The number of likely N-dealkylation sites (tertiary alicyclic amines) is 1. The molecule has 1 amide bonds. The summed E-state index contributed by atoms with van der Waals surface area (Å²) in [6.07, 6.45) is 3.27. The molecule has 4 rings (SSSR count). The number of carbonyl (C=O) groups is 2. The number of hydrogen-bond acceptors (Lipinski definition) is 6. The zero-order chi connectivity index (χ0) is 24.1. The lowest BCUT2D eigenvalue weighted by Crippen LogP contribution is -2.29. The van der Waals surface area contributed by atoms with E-state index in [9.17, 15) is 14.7 Å².